The zero-order chi connectivity index (χ0) is 26.1. The predicted molar refractivity (Wildman–Crippen MR) is 142 cm³/mol. The number of hydrogen-bond donors (Lipinski definition) is 1. The second-order valence-electron chi connectivity index (χ2n) is 9.39. The first-order chi connectivity index (χ1) is 18.6. The van der Waals surface area contributed by atoms with Gasteiger partial charge < -0.3 is 15.4 Å². The van der Waals surface area contributed by atoms with Crippen molar-refractivity contribution in [1.82, 2.24) is 39.4 Å². The van der Waals surface area contributed by atoms with E-state index in [0.29, 0.717) is 11.5 Å². The van der Waals surface area contributed by atoms with Gasteiger partial charge in [0.05, 0.1) is 11.4 Å². The number of para-hydroxylation sites is 1. The van der Waals surface area contributed by atoms with E-state index in [1.54, 1.807) is 4.90 Å². The van der Waals surface area contributed by atoms with Crippen molar-refractivity contribution in [1.29, 1.82) is 0 Å². The van der Waals surface area contributed by atoms with E-state index >= 15 is 0 Å². The normalized spacial score (nSPS) is 17.4. The highest BCUT2D eigenvalue weighted by Crippen LogP contribution is 2.37. The Bertz CT molecular complexity index is 1540. The van der Waals surface area contributed by atoms with Crippen LogP contribution in [0.4, 0.5) is 10.6 Å². The molecule has 5 aromatic rings. The molecule has 0 unspecified atom stereocenters. The maximum Gasteiger partial charge on any atom is 0.346 e. The second kappa shape index (κ2) is 9.92. The van der Waals surface area contributed by atoms with Crippen LogP contribution in [-0.2, 0) is 0 Å². The van der Waals surface area contributed by atoms with Gasteiger partial charge in [-0.1, -0.05) is 18.2 Å². The lowest BCUT2D eigenvalue weighted by atomic mass is 9.90. The van der Waals surface area contributed by atoms with Crippen molar-refractivity contribution in [2.75, 3.05) is 12.8 Å². The molecule has 1 saturated carbocycles. The van der Waals surface area contributed by atoms with Crippen molar-refractivity contribution in [3.8, 4) is 22.8 Å². The summed E-state index contributed by atoms with van der Waals surface area (Å²) in [5.74, 6) is 1.90. The number of anilines is 1. The summed E-state index contributed by atoms with van der Waals surface area (Å²) in [5.41, 5.74) is 8.69. The molecule has 1 amide bonds. The fourth-order valence-electron chi connectivity index (χ4n) is 5.07. The number of carbonyl (C=O) groups excluding carboxylic acids is 1. The first kappa shape index (κ1) is 23.6. The molecular weight excluding hydrogens is 482 g/mol. The number of carbonyl (C=O) groups is 1. The van der Waals surface area contributed by atoms with Crippen molar-refractivity contribution in [2.45, 2.75) is 37.8 Å². The van der Waals surface area contributed by atoms with Gasteiger partial charge in [-0.25, -0.2) is 24.4 Å². The Morgan fingerprint density at radius 2 is 1.71 bits per heavy atom. The van der Waals surface area contributed by atoms with Crippen LogP contribution >= 0.6 is 0 Å². The summed E-state index contributed by atoms with van der Waals surface area (Å²) in [5, 5.41) is 9.70. The first-order valence-electron chi connectivity index (χ1n) is 12.5. The maximum absolute atomic E-state index is 12.7. The van der Waals surface area contributed by atoms with Crippen LogP contribution in [0.1, 0.15) is 31.7 Å². The van der Waals surface area contributed by atoms with Crippen molar-refractivity contribution in [2.24, 2.45) is 0 Å². The highest BCUT2D eigenvalue weighted by atomic mass is 16.5. The zero-order valence-corrected chi connectivity index (χ0v) is 20.9. The van der Waals surface area contributed by atoms with Gasteiger partial charge in [-0.05, 0) is 62.1 Å². The third-order valence-electron chi connectivity index (χ3n) is 7.10. The van der Waals surface area contributed by atoms with Gasteiger partial charge in [0, 0.05) is 18.7 Å². The predicted octanol–water partition coefficient (Wildman–Crippen LogP) is 4.54. The van der Waals surface area contributed by atoms with Gasteiger partial charge in [0.15, 0.2) is 5.65 Å². The van der Waals surface area contributed by atoms with Gasteiger partial charge in [-0.3, -0.25) is 0 Å². The molecule has 2 aromatic carbocycles. The maximum atomic E-state index is 12.7. The minimum Gasteiger partial charge on any atom is -0.457 e. The molecule has 0 atom stereocenters. The molecule has 6 rings (SSSR count). The second-order valence-corrected chi connectivity index (χ2v) is 9.39. The lowest BCUT2D eigenvalue weighted by Gasteiger charge is -2.34. The molecule has 0 saturated heterocycles. The Kier molecular flexibility index (Phi) is 6.16. The minimum absolute atomic E-state index is 0.112. The topological polar surface area (TPSA) is 130 Å². The fourth-order valence-corrected chi connectivity index (χ4v) is 5.07. The lowest BCUT2D eigenvalue weighted by Crippen LogP contribution is -2.42. The summed E-state index contributed by atoms with van der Waals surface area (Å²) in [6.45, 7) is 0. The monoisotopic (exact) mass is 509 g/mol. The van der Waals surface area contributed by atoms with E-state index in [1.807, 2.05) is 66.3 Å². The Morgan fingerprint density at radius 3 is 2.42 bits per heavy atom. The highest BCUT2D eigenvalue weighted by molar-refractivity contribution is 5.98. The molecule has 11 nitrogen and oxygen atoms in total. The number of hydrogen-bond acceptors (Lipinski definition) is 8. The van der Waals surface area contributed by atoms with Gasteiger partial charge in [0.2, 0.25) is 0 Å². The van der Waals surface area contributed by atoms with E-state index in [9.17, 15) is 4.79 Å². The number of fused-ring (bicyclic) bond motifs is 1. The summed E-state index contributed by atoms with van der Waals surface area (Å²) in [7, 11) is 1.81. The molecule has 0 radical (unpaired) electrons. The summed E-state index contributed by atoms with van der Waals surface area (Å²) >= 11 is 0. The van der Waals surface area contributed by atoms with Crippen LogP contribution in [0.25, 0.3) is 22.3 Å². The van der Waals surface area contributed by atoms with E-state index in [2.05, 4.69) is 20.1 Å². The van der Waals surface area contributed by atoms with Gasteiger partial charge >= 0.3 is 6.03 Å². The smallest absolute Gasteiger partial charge is 0.346 e. The van der Waals surface area contributed by atoms with Crippen LogP contribution in [0.5, 0.6) is 11.5 Å². The summed E-state index contributed by atoms with van der Waals surface area (Å²) in [6.07, 6.45) is 7.64. The number of aromatic nitrogens is 7. The van der Waals surface area contributed by atoms with Crippen LogP contribution in [0.3, 0.4) is 0 Å². The lowest BCUT2D eigenvalue weighted by molar-refractivity contribution is 0.159. The molecule has 0 aliphatic heterocycles. The molecule has 11 heteroatoms. The highest BCUT2D eigenvalue weighted by Gasteiger charge is 2.30. The molecule has 1 aliphatic rings. The number of benzene rings is 2. The molecule has 3 aromatic heterocycles. The largest absolute Gasteiger partial charge is 0.457 e. The molecule has 3 heterocycles. The summed E-state index contributed by atoms with van der Waals surface area (Å²) in [4.78, 5) is 27.1. The van der Waals surface area contributed by atoms with Crippen molar-refractivity contribution >= 4 is 22.9 Å². The zero-order valence-electron chi connectivity index (χ0n) is 20.9. The van der Waals surface area contributed by atoms with E-state index in [1.165, 1.54) is 23.7 Å². The standard InChI is InChI=1S/C27H27N9O2/c1-34(27(37)35-17-29-15-32-35)19-9-11-20(12-10-19)36-26-23(25(28)30-16-31-26)24(33-36)18-7-13-22(14-8-18)38-21-5-3-2-4-6-21/h2-8,13-17,19-20H,9-12H2,1H3,(H2,28,30,31). The van der Waals surface area contributed by atoms with Gasteiger partial charge in [-0.15, -0.1) is 0 Å². The minimum atomic E-state index is -0.182. The molecule has 0 bridgehead atoms. The van der Waals surface area contributed by atoms with Crippen LogP contribution in [0.15, 0.2) is 73.6 Å². The Balaban J connectivity index is 1.23. The van der Waals surface area contributed by atoms with Crippen molar-refractivity contribution < 1.29 is 9.53 Å². The molecular formula is C27H27N9O2. The Morgan fingerprint density at radius 1 is 0.974 bits per heavy atom. The fraction of sp³-hybridized carbons (Fsp3) is 0.259. The number of ether oxygens (including phenoxy) is 1. The van der Waals surface area contributed by atoms with E-state index in [-0.39, 0.29) is 18.1 Å². The Hall–Kier alpha value is -4.80. The van der Waals surface area contributed by atoms with Gasteiger partial charge in [0.1, 0.15) is 42.0 Å². The molecule has 192 valence electrons. The Labute approximate surface area is 218 Å². The van der Waals surface area contributed by atoms with Crippen LogP contribution in [0, 0.1) is 0 Å². The van der Waals surface area contributed by atoms with Gasteiger partial charge in [0.25, 0.3) is 0 Å². The molecule has 38 heavy (non-hydrogen) atoms. The van der Waals surface area contributed by atoms with Crippen LogP contribution in [-0.4, -0.2) is 58.5 Å². The SMILES string of the molecule is CN(C(=O)n1cncn1)C1CCC(n2nc(-c3ccc(Oc4ccccc4)cc3)c3c(N)ncnc32)CC1. The average Bonchev–Trinajstić information content (AvgIpc) is 3.63. The van der Waals surface area contributed by atoms with Crippen molar-refractivity contribution in [3.63, 3.8) is 0 Å². The first-order valence-corrected chi connectivity index (χ1v) is 12.5. The van der Waals surface area contributed by atoms with Gasteiger partial charge in [-0.2, -0.15) is 14.9 Å². The summed E-state index contributed by atoms with van der Waals surface area (Å²) in [6, 6.07) is 17.5. The quantitative estimate of drug-likeness (QED) is 0.365. The number of nitrogen functional groups attached to an aromatic ring is 1. The van der Waals surface area contributed by atoms with Crippen LogP contribution < -0.4 is 10.5 Å². The molecule has 0 spiro atoms. The van der Waals surface area contributed by atoms with Crippen LogP contribution in [0.2, 0.25) is 0 Å². The number of nitrogens with zero attached hydrogens (tertiary/aromatic N) is 8. The number of nitrogens with two attached hydrogens (primary N) is 1. The third kappa shape index (κ3) is 4.42. The number of rotatable bonds is 5. The van der Waals surface area contributed by atoms with E-state index in [0.717, 1.165) is 53.8 Å². The summed E-state index contributed by atoms with van der Waals surface area (Å²) < 4.78 is 9.18. The van der Waals surface area contributed by atoms with Crippen molar-refractivity contribution in [3.05, 3.63) is 73.6 Å². The molecule has 1 aliphatic carbocycles. The number of amides is 1. The van der Waals surface area contributed by atoms with E-state index < -0.39 is 0 Å². The molecule has 1 fully saturated rings. The average molecular weight is 510 g/mol. The molecule has 2 N–H and O–H groups in total. The third-order valence-corrected chi connectivity index (χ3v) is 7.10. The van der Waals surface area contributed by atoms with E-state index in [4.69, 9.17) is 15.6 Å².